The van der Waals surface area contributed by atoms with Gasteiger partial charge in [0, 0.05) is 43.1 Å². The quantitative estimate of drug-likeness (QED) is 0.905. The molecule has 0 radical (unpaired) electrons. The molecule has 0 aliphatic carbocycles. The summed E-state index contributed by atoms with van der Waals surface area (Å²) in [5.41, 5.74) is 0.653. The van der Waals surface area contributed by atoms with Crippen LogP contribution in [0.1, 0.15) is 23.9 Å². The number of amides is 2. The van der Waals surface area contributed by atoms with E-state index in [9.17, 15) is 9.59 Å². The molecule has 1 saturated heterocycles. The highest BCUT2D eigenvalue weighted by Gasteiger charge is 2.23. The lowest BCUT2D eigenvalue weighted by atomic mass is 10.2. The van der Waals surface area contributed by atoms with E-state index in [0.717, 1.165) is 18.4 Å². The minimum Gasteiger partial charge on any atom is -0.451 e. The van der Waals surface area contributed by atoms with E-state index in [2.05, 4.69) is 10.2 Å². The maximum Gasteiger partial charge on any atom is 0.289 e. The molecule has 1 aliphatic heterocycles. The molecule has 7 heteroatoms. The highest BCUT2D eigenvalue weighted by atomic mass is 35.5. The minimum absolute atomic E-state index is 0.0245. The first-order chi connectivity index (χ1) is 12.1. The maximum atomic E-state index is 12.7. The average molecular weight is 364 g/mol. The Labute approximate surface area is 151 Å². The van der Waals surface area contributed by atoms with Crippen LogP contribution >= 0.6 is 11.6 Å². The third-order valence-electron chi connectivity index (χ3n) is 4.31. The van der Waals surface area contributed by atoms with Gasteiger partial charge in [0.2, 0.25) is 5.91 Å². The van der Waals surface area contributed by atoms with Crippen molar-refractivity contribution in [2.45, 2.75) is 13.3 Å². The van der Waals surface area contributed by atoms with Gasteiger partial charge in [-0.3, -0.25) is 14.5 Å². The van der Waals surface area contributed by atoms with Crippen molar-refractivity contribution in [2.24, 2.45) is 0 Å². The fraction of sp³-hybridized carbons (Fsp3) is 0.444. The van der Waals surface area contributed by atoms with Crippen LogP contribution < -0.4 is 5.32 Å². The molecule has 0 unspecified atom stereocenters. The van der Waals surface area contributed by atoms with Crippen LogP contribution in [0.3, 0.4) is 0 Å². The number of likely N-dealkylation sites (N-methyl/N-ethyl adjacent to an activating group) is 1. The van der Waals surface area contributed by atoms with Crippen molar-refractivity contribution in [2.75, 3.05) is 39.3 Å². The van der Waals surface area contributed by atoms with E-state index in [1.165, 1.54) is 0 Å². The number of halogens is 1. The Morgan fingerprint density at radius 3 is 2.84 bits per heavy atom. The van der Waals surface area contributed by atoms with E-state index in [0.29, 0.717) is 49.1 Å². The molecule has 1 aliphatic rings. The molecule has 1 aromatic carbocycles. The molecule has 0 spiro atoms. The van der Waals surface area contributed by atoms with Gasteiger partial charge >= 0.3 is 0 Å². The fourth-order valence-corrected chi connectivity index (χ4v) is 3.24. The Morgan fingerprint density at radius 1 is 1.20 bits per heavy atom. The number of carbonyl (C=O) groups is 2. The highest BCUT2D eigenvalue weighted by Crippen LogP contribution is 2.24. The Kier molecular flexibility index (Phi) is 5.60. The van der Waals surface area contributed by atoms with Gasteiger partial charge in [0.25, 0.3) is 5.91 Å². The number of nitrogens with zero attached hydrogens (tertiary/aromatic N) is 2. The van der Waals surface area contributed by atoms with Gasteiger partial charge in [-0.2, -0.15) is 0 Å². The summed E-state index contributed by atoms with van der Waals surface area (Å²) in [7, 11) is 0. The van der Waals surface area contributed by atoms with Crippen molar-refractivity contribution < 1.29 is 14.0 Å². The van der Waals surface area contributed by atoms with Gasteiger partial charge in [-0.25, -0.2) is 0 Å². The summed E-state index contributed by atoms with van der Waals surface area (Å²) < 4.78 is 5.67. The molecule has 2 amide bonds. The molecule has 2 aromatic rings. The van der Waals surface area contributed by atoms with Gasteiger partial charge in [0.15, 0.2) is 5.76 Å². The Balaban J connectivity index is 1.65. The van der Waals surface area contributed by atoms with Gasteiger partial charge in [0.05, 0.1) is 6.54 Å². The SMILES string of the molecule is CCNC(=O)CN1CCCN(C(=O)c2cc3cc(Cl)ccc3o2)CC1. The Morgan fingerprint density at radius 2 is 2.04 bits per heavy atom. The van der Waals surface area contributed by atoms with Crippen LogP contribution in [-0.2, 0) is 4.79 Å². The van der Waals surface area contributed by atoms with Crippen LogP contribution in [0.15, 0.2) is 28.7 Å². The summed E-state index contributed by atoms with van der Waals surface area (Å²) in [6.45, 7) is 5.62. The van der Waals surface area contributed by atoms with Crippen molar-refractivity contribution in [3.63, 3.8) is 0 Å². The van der Waals surface area contributed by atoms with E-state index in [-0.39, 0.29) is 11.8 Å². The summed E-state index contributed by atoms with van der Waals surface area (Å²) in [6.07, 6.45) is 0.831. The van der Waals surface area contributed by atoms with Crippen LogP contribution in [0.25, 0.3) is 11.0 Å². The van der Waals surface area contributed by atoms with Gasteiger partial charge in [-0.05, 0) is 37.6 Å². The zero-order valence-corrected chi connectivity index (χ0v) is 15.0. The first-order valence-electron chi connectivity index (χ1n) is 8.54. The van der Waals surface area contributed by atoms with Gasteiger partial charge < -0.3 is 14.6 Å². The zero-order valence-electron chi connectivity index (χ0n) is 14.3. The van der Waals surface area contributed by atoms with Gasteiger partial charge in [-0.1, -0.05) is 11.6 Å². The Hall–Kier alpha value is -2.05. The zero-order chi connectivity index (χ0) is 17.8. The summed E-state index contributed by atoms with van der Waals surface area (Å²) in [6, 6.07) is 7.03. The van der Waals surface area contributed by atoms with Crippen LogP contribution in [0.5, 0.6) is 0 Å². The number of benzene rings is 1. The molecule has 6 nitrogen and oxygen atoms in total. The number of nitrogens with one attached hydrogen (secondary N) is 1. The largest absolute Gasteiger partial charge is 0.451 e. The second kappa shape index (κ2) is 7.89. The molecule has 3 rings (SSSR count). The Bertz CT molecular complexity index is 774. The lowest BCUT2D eigenvalue weighted by Gasteiger charge is -2.20. The summed E-state index contributed by atoms with van der Waals surface area (Å²) in [5.74, 6) is 0.234. The summed E-state index contributed by atoms with van der Waals surface area (Å²) >= 11 is 5.98. The standard InChI is InChI=1S/C18H22ClN3O3/c1-2-20-17(23)12-21-6-3-7-22(9-8-21)18(24)16-11-13-10-14(19)4-5-15(13)25-16/h4-5,10-11H,2-3,6-9,12H2,1H3,(H,20,23). The normalized spacial score (nSPS) is 16.0. The molecule has 134 valence electrons. The predicted molar refractivity (Wildman–Crippen MR) is 96.9 cm³/mol. The molecule has 1 N–H and O–H groups in total. The van der Waals surface area contributed by atoms with Crippen molar-refractivity contribution in [1.29, 1.82) is 0 Å². The number of fused-ring (bicyclic) bond motifs is 1. The number of carbonyl (C=O) groups excluding carboxylic acids is 2. The molecule has 25 heavy (non-hydrogen) atoms. The van der Waals surface area contributed by atoms with E-state index >= 15 is 0 Å². The first kappa shape index (κ1) is 17.8. The van der Waals surface area contributed by atoms with Crippen LogP contribution in [0.4, 0.5) is 0 Å². The second-order valence-corrected chi connectivity index (χ2v) is 6.60. The molecule has 0 atom stereocenters. The molecule has 2 heterocycles. The molecule has 1 fully saturated rings. The summed E-state index contributed by atoms with van der Waals surface area (Å²) in [4.78, 5) is 28.3. The van der Waals surface area contributed by atoms with E-state index in [1.54, 1.807) is 29.2 Å². The van der Waals surface area contributed by atoms with Crippen LogP contribution in [0.2, 0.25) is 5.02 Å². The minimum atomic E-state index is -0.118. The van der Waals surface area contributed by atoms with E-state index in [4.69, 9.17) is 16.0 Å². The highest BCUT2D eigenvalue weighted by molar-refractivity contribution is 6.31. The smallest absolute Gasteiger partial charge is 0.289 e. The molecule has 0 saturated carbocycles. The number of hydrogen-bond acceptors (Lipinski definition) is 4. The second-order valence-electron chi connectivity index (χ2n) is 6.17. The predicted octanol–water partition coefficient (Wildman–Crippen LogP) is 2.37. The van der Waals surface area contributed by atoms with Crippen molar-refractivity contribution >= 4 is 34.4 Å². The van der Waals surface area contributed by atoms with Crippen LogP contribution in [0, 0.1) is 0 Å². The molecule has 1 aromatic heterocycles. The number of rotatable bonds is 4. The first-order valence-corrected chi connectivity index (χ1v) is 8.92. The third kappa shape index (κ3) is 4.32. The average Bonchev–Trinajstić information content (AvgIpc) is 2.86. The summed E-state index contributed by atoms with van der Waals surface area (Å²) in [5, 5.41) is 4.24. The monoisotopic (exact) mass is 363 g/mol. The van der Waals surface area contributed by atoms with E-state index < -0.39 is 0 Å². The van der Waals surface area contributed by atoms with Crippen molar-refractivity contribution in [3.05, 3.63) is 35.0 Å². The van der Waals surface area contributed by atoms with Crippen molar-refractivity contribution in [1.82, 2.24) is 15.1 Å². The van der Waals surface area contributed by atoms with Gasteiger partial charge in [0.1, 0.15) is 5.58 Å². The third-order valence-corrected chi connectivity index (χ3v) is 4.54. The van der Waals surface area contributed by atoms with Crippen LogP contribution in [-0.4, -0.2) is 60.9 Å². The topological polar surface area (TPSA) is 65.8 Å². The lowest BCUT2D eigenvalue weighted by molar-refractivity contribution is -0.122. The maximum absolute atomic E-state index is 12.7. The van der Waals surface area contributed by atoms with Crippen molar-refractivity contribution in [3.8, 4) is 0 Å². The van der Waals surface area contributed by atoms with Gasteiger partial charge in [-0.15, -0.1) is 0 Å². The number of furan rings is 1. The lowest BCUT2D eigenvalue weighted by Crippen LogP contribution is -2.40. The molecule has 0 bridgehead atoms. The van der Waals surface area contributed by atoms with E-state index in [1.807, 2.05) is 6.92 Å². The molecular weight excluding hydrogens is 342 g/mol. The molecular formula is C18H22ClN3O3. The fourth-order valence-electron chi connectivity index (χ4n) is 3.06. The number of hydrogen-bond donors (Lipinski definition) is 1.